The van der Waals surface area contributed by atoms with Gasteiger partial charge in [-0.3, -0.25) is 10.1 Å². The highest BCUT2D eigenvalue weighted by Crippen LogP contribution is 2.19. The summed E-state index contributed by atoms with van der Waals surface area (Å²) in [6.07, 6.45) is 0.939. The quantitative estimate of drug-likeness (QED) is 0.651. The predicted molar refractivity (Wildman–Crippen MR) is 84.3 cm³/mol. The van der Waals surface area contributed by atoms with E-state index in [9.17, 15) is 10.1 Å². The van der Waals surface area contributed by atoms with Gasteiger partial charge < -0.3 is 5.32 Å². The van der Waals surface area contributed by atoms with Gasteiger partial charge in [-0.25, -0.2) is 0 Å². The Morgan fingerprint density at radius 1 is 1.14 bits per heavy atom. The molecule has 0 aliphatic rings. The third-order valence-corrected chi connectivity index (χ3v) is 3.51. The largest absolute Gasteiger partial charge is 0.310 e. The summed E-state index contributed by atoms with van der Waals surface area (Å²) >= 11 is 0. The second-order valence-electron chi connectivity index (χ2n) is 5.35. The summed E-state index contributed by atoms with van der Waals surface area (Å²) in [5, 5.41) is 14.3. The molecule has 2 aromatic rings. The van der Waals surface area contributed by atoms with Crippen LogP contribution in [0, 0.1) is 17.0 Å². The van der Waals surface area contributed by atoms with Crippen LogP contribution in [0.4, 0.5) is 5.69 Å². The minimum atomic E-state index is -0.327. The molecule has 0 saturated carbocycles. The molecule has 0 amide bonds. The summed E-state index contributed by atoms with van der Waals surface area (Å²) in [5.41, 5.74) is 3.10. The molecule has 1 atom stereocenters. The lowest BCUT2D eigenvalue weighted by molar-refractivity contribution is -0.385. The summed E-state index contributed by atoms with van der Waals surface area (Å²) in [7, 11) is 0. The van der Waals surface area contributed by atoms with Crippen molar-refractivity contribution in [2.75, 3.05) is 0 Å². The molecule has 0 heterocycles. The van der Waals surface area contributed by atoms with Crippen LogP contribution < -0.4 is 5.32 Å². The van der Waals surface area contributed by atoms with Gasteiger partial charge in [-0.1, -0.05) is 42.5 Å². The third kappa shape index (κ3) is 4.39. The molecule has 2 aromatic carbocycles. The van der Waals surface area contributed by atoms with Crippen LogP contribution in [0.5, 0.6) is 0 Å². The minimum absolute atomic E-state index is 0.185. The van der Waals surface area contributed by atoms with Crippen LogP contribution >= 0.6 is 0 Å². The van der Waals surface area contributed by atoms with Crippen molar-refractivity contribution in [3.05, 3.63) is 75.3 Å². The second-order valence-corrected chi connectivity index (χ2v) is 5.35. The first-order chi connectivity index (χ1) is 10.1. The average Bonchev–Trinajstić information content (AvgIpc) is 2.47. The van der Waals surface area contributed by atoms with Crippen molar-refractivity contribution in [2.45, 2.75) is 32.9 Å². The van der Waals surface area contributed by atoms with Crippen LogP contribution in [-0.4, -0.2) is 11.0 Å². The van der Waals surface area contributed by atoms with Crippen LogP contribution in [0.15, 0.2) is 48.5 Å². The topological polar surface area (TPSA) is 55.2 Å². The monoisotopic (exact) mass is 284 g/mol. The first-order valence-corrected chi connectivity index (χ1v) is 7.07. The molecule has 21 heavy (non-hydrogen) atoms. The summed E-state index contributed by atoms with van der Waals surface area (Å²) in [4.78, 5) is 10.6. The highest BCUT2D eigenvalue weighted by Gasteiger charge is 2.11. The van der Waals surface area contributed by atoms with E-state index in [-0.39, 0.29) is 10.6 Å². The molecular formula is C17H20N2O2. The molecular weight excluding hydrogens is 264 g/mol. The molecule has 0 fully saturated rings. The van der Waals surface area contributed by atoms with E-state index in [1.54, 1.807) is 19.1 Å². The summed E-state index contributed by atoms with van der Waals surface area (Å²) in [5.74, 6) is 0. The number of rotatable bonds is 6. The van der Waals surface area contributed by atoms with Crippen LogP contribution in [0.3, 0.4) is 0 Å². The summed E-state index contributed by atoms with van der Waals surface area (Å²) in [6, 6.07) is 16.0. The smallest absolute Gasteiger partial charge is 0.272 e. The summed E-state index contributed by atoms with van der Waals surface area (Å²) < 4.78 is 0. The van der Waals surface area contributed by atoms with Gasteiger partial charge in [0.1, 0.15) is 0 Å². The first kappa shape index (κ1) is 15.2. The van der Waals surface area contributed by atoms with E-state index >= 15 is 0 Å². The molecule has 0 bridgehead atoms. The lowest BCUT2D eigenvalue weighted by Gasteiger charge is -2.14. The standard InChI is InChI=1S/C17H20N2O2/c1-13-8-9-16(11-17(13)19(20)21)12-18-14(2)10-15-6-4-3-5-7-15/h3-9,11,14,18H,10,12H2,1-2H3. The average molecular weight is 284 g/mol. The maximum absolute atomic E-state index is 10.9. The number of benzene rings is 2. The SMILES string of the molecule is Cc1ccc(CNC(C)Cc2ccccc2)cc1[N+](=O)[O-]. The lowest BCUT2D eigenvalue weighted by Crippen LogP contribution is -2.27. The van der Waals surface area contributed by atoms with E-state index in [0.717, 1.165) is 12.0 Å². The highest BCUT2D eigenvalue weighted by atomic mass is 16.6. The van der Waals surface area contributed by atoms with E-state index < -0.39 is 0 Å². The van der Waals surface area contributed by atoms with Crippen LogP contribution in [0.2, 0.25) is 0 Å². The summed E-state index contributed by atoms with van der Waals surface area (Å²) in [6.45, 7) is 4.51. The zero-order valence-corrected chi connectivity index (χ0v) is 12.4. The highest BCUT2D eigenvalue weighted by molar-refractivity contribution is 5.42. The minimum Gasteiger partial charge on any atom is -0.310 e. The van der Waals surface area contributed by atoms with Crippen molar-refractivity contribution in [3.8, 4) is 0 Å². The fraction of sp³-hybridized carbons (Fsp3) is 0.294. The Balaban J connectivity index is 1.93. The maximum Gasteiger partial charge on any atom is 0.272 e. The number of hydrogen-bond acceptors (Lipinski definition) is 3. The third-order valence-electron chi connectivity index (χ3n) is 3.51. The van der Waals surface area contributed by atoms with Crippen LogP contribution in [0.25, 0.3) is 0 Å². The maximum atomic E-state index is 10.9. The van der Waals surface area contributed by atoms with Crippen molar-refractivity contribution in [1.29, 1.82) is 0 Å². The molecule has 1 N–H and O–H groups in total. The Morgan fingerprint density at radius 2 is 1.86 bits per heavy atom. The Bertz CT molecular complexity index is 611. The van der Waals surface area contributed by atoms with Gasteiger partial charge in [0, 0.05) is 24.2 Å². The van der Waals surface area contributed by atoms with E-state index in [2.05, 4.69) is 24.4 Å². The molecule has 4 heteroatoms. The van der Waals surface area contributed by atoms with E-state index in [1.807, 2.05) is 24.3 Å². The Morgan fingerprint density at radius 3 is 2.52 bits per heavy atom. The Hall–Kier alpha value is -2.20. The van der Waals surface area contributed by atoms with Gasteiger partial charge in [0.2, 0.25) is 0 Å². The van der Waals surface area contributed by atoms with E-state index in [4.69, 9.17) is 0 Å². The van der Waals surface area contributed by atoms with Crippen molar-refractivity contribution in [1.82, 2.24) is 5.32 Å². The van der Waals surface area contributed by atoms with Gasteiger partial charge in [-0.15, -0.1) is 0 Å². The molecule has 4 nitrogen and oxygen atoms in total. The van der Waals surface area contributed by atoms with Gasteiger partial charge in [0.25, 0.3) is 5.69 Å². The van der Waals surface area contributed by atoms with E-state index in [0.29, 0.717) is 18.2 Å². The van der Waals surface area contributed by atoms with Crippen LogP contribution in [-0.2, 0) is 13.0 Å². The molecule has 0 spiro atoms. The molecule has 0 aliphatic heterocycles. The molecule has 0 aliphatic carbocycles. The molecule has 0 saturated heterocycles. The molecule has 0 aromatic heterocycles. The Kier molecular flexibility index (Phi) is 5.06. The second kappa shape index (κ2) is 6.99. The van der Waals surface area contributed by atoms with Crippen molar-refractivity contribution >= 4 is 5.69 Å². The zero-order valence-electron chi connectivity index (χ0n) is 12.4. The van der Waals surface area contributed by atoms with Gasteiger partial charge in [-0.05, 0) is 31.4 Å². The van der Waals surface area contributed by atoms with Gasteiger partial charge in [0.05, 0.1) is 4.92 Å². The normalized spacial score (nSPS) is 12.1. The number of aryl methyl sites for hydroxylation is 1. The number of nitro groups is 1. The van der Waals surface area contributed by atoms with Crippen molar-refractivity contribution in [2.24, 2.45) is 0 Å². The molecule has 1 unspecified atom stereocenters. The first-order valence-electron chi connectivity index (χ1n) is 7.07. The van der Waals surface area contributed by atoms with Crippen molar-refractivity contribution < 1.29 is 4.92 Å². The number of nitro benzene ring substituents is 1. The van der Waals surface area contributed by atoms with Crippen LogP contribution in [0.1, 0.15) is 23.6 Å². The number of hydrogen-bond donors (Lipinski definition) is 1. The fourth-order valence-electron chi connectivity index (χ4n) is 2.29. The number of nitrogens with one attached hydrogen (secondary N) is 1. The predicted octanol–water partition coefficient (Wildman–Crippen LogP) is 3.62. The van der Waals surface area contributed by atoms with Gasteiger partial charge in [0.15, 0.2) is 0 Å². The molecule has 0 radical (unpaired) electrons. The van der Waals surface area contributed by atoms with Crippen molar-refractivity contribution in [3.63, 3.8) is 0 Å². The lowest BCUT2D eigenvalue weighted by atomic mass is 10.1. The van der Waals surface area contributed by atoms with E-state index in [1.165, 1.54) is 5.56 Å². The molecule has 110 valence electrons. The Labute approximate surface area is 125 Å². The zero-order chi connectivity index (χ0) is 15.2. The van der Waals surface area contributed by atoms with Gasteiger partial charge >= 0.3 is 0 Å². The number of nitrogens with zero attached hydrogens (tertiary/aromatic N) is 1. The molecule has 2 rings (SSSR count). The fourth-order valence-corrected chi connectivity index (χ4v) is 2.29. The van der Waals surface area contributed by atoms with Gasteiger partial charge in [-0.2, -0.15) is 0 Å².